The summed E-state index contributed by atoms with van der Waals surface area (Å²) in [7, 11) is 1.89. The second-order valence-electron chi connectivity index (χ2n) is 7.43. The van der Waals surface area contributed by atoms with Crippen LogP contribution >= 0.6 is 11.6 Å². The van der Waals surface area contributed by atoms with Crippen molar-refractivity contribution in [2.75, 3.05) is 13.6 Å². The number of H-pyrrole nitrogens is 1. The number of hydrogen-bond donors (Lipinski definition) is 2. The van der Waals surface area contributed by atoms with Gasteiger partial charge in [-0.25, -0.2) is 18.7 Å². The van der Waals surface area contributed by atoms with Crippen LogP contribution in [0, 0.1) is 11.6 Å². The Kier molecular flexibility index (Phi) is 5.57. The van der Waals surface area contributed by atoms with Crippen molar-refractivity contribution >= 4 is 22.6 Å². The topological polar surface area (TPSA) is 84.3 Å². The molecule has 0 saturated heterocycles. The predicted octanol–water partition coefficient (Wildman–Crippen LogP) is 4.70. The zero-order valence-electron chi connectivity index (χ0n) is 17.5. The molecule has 10 heteroatoms. The lowest BCUT2D eigenvalue weighted by Gasteiger charge is -2.07. The molecule has 0 aliphatic heterocycles. The van der Waals surface area contributed by atoms with Crippen molar-refractivity contribution in [3.05, 3.63) is 71.9 Å². The van der Waals surface area contributed by atoms with E-state index in [9.17, 15) is 8.78 Å². The number of halogens is 3. The highest BCUT2D eigenvalue weighted by molar-refractivity contribution is 6.31. The molecule has 0 unspecified atom stereocenters. The van der Waals surface area contributed by atoms with E-state index in [4.69, 9.17) is 16.6 Å². The van der Waals surface area contributed by atoms with E-state index in [-0.39, 0.29) is 10.6 Å². The molecular formula is C23H18ClF2N7. The molecule has 4 aromatic heterocycles. The predicted molar refractivity (Wildman–Crippen MR) is 123 cm³/mol. The maximum atomic E-state index is 14.5. The Hall–Kier alpha value is -3.69. The van der Waals surface area contributed by atoms with E-state index in [2.05, 4.69) is 25.4 Å². The van der Waals surface area contributed by atoms with Crippen LogP contribution in [0.2, 0.25) is 5.02 Å². The molecule has 2 N–H and O–H groups in total. The van der Waals surface area contributed by atoms with Gasteiger partial charge in [0.25, 0.3) is 0 Å². The third kappa shape index (κ3) is 4.08. The highest BCUT2D eigenvalue weighted by Crippen LogP contribution is 2.33. The Balaban J connectivity index is 1.54. The van der Waals surface area contributed by atoms with Crippen molar-refractivity contribution in [2.24, 2.45) is 0 Å². The summed E-state index contributed by atoms with van der Waals surface area (Å²) in [4.78, 5) is 16.4. The van der Waals surface area contributed by atoms with Gasteiger partial charge >= 0.3 is 0 Å². The Morgan fingerprint density at radius 1 is 1.03 bits per heavy atom. The van der Waals surface area contributed by atoms with Crippen molar-refractivity contribution in [1.82, 2.24) is 35.0 Å². The summed E-state index contributed by atoms with van der Waals surface area (Å²) in [6.07, 6.45) is 6.95. The minimum atomic E-state index is -0.823. The number of fused-ring (bicyclic) bond motifs is 1. The standard InChI is InChI=1S/C23H18ClF2N7/c1-27-4-5-33-11-14(10-31-33)13-6-21-19(28-9-13)2-3-20(32-21)23-22(29-12-30-23)15-7-16(24)18(26)8-17(15)25/h2-3,6-12,27H,4-5H2,1H3,(H,29,30). The van der Waals surface area contributed by atoms with Gasteiger partial charge in [0, 0.05) is 41.7 Å². The number of aromatic amines is 1. The zero-order valence-corrected chi connectivity index (χ0v) is 18.2. The van der Waals surface area contributed by atoms with Crippen molar-refractivity contribution < 1.29 is 8.78 Å². The van der Waals surface area contributed by atoms with Gasteiger partial charge in [-0.15, -0.1) is 0 Å². The highest BCUT2D eigenvalue weighted by atomic mass is 35.5. The van der Waals surface area contributed by atoms with Crippen LogP contribution in [0.25, 0.3) is 44.8 Å². The molecule has 0 bridgehead atoms. The maximum absolute atomic E-state index is 14.5. The summed E-state index contributed by atoms with van der Waals surface area (Å²) in [6, 6.07) is 7.49. The lowest BCUT2D eigenvalue weighted by Crippen LogP contribution is -2.14. The smallest absolute Gasteiger partial charge is 0.144 e. The van der Waals surface area contributed by atoms with Gasteiger partial charge in [-0.2, -0.15) is 5.10 Å². The van der Waals surface area contributed by atoms with Crippen molar-refractivity contribution in [1.29, 1.82) is 0 Å². The fraction of sp³-hybridized carbons (Fsp3) is 0.130. The van der Waals surface area contributed by atoms with E-state index in [1.165, 1.54) is 12.4 Å². The molecule has 0 atom stereocenters. The Bertz CT molecular complexity index is 1460. The van der Waals surface area contributed by atoms with Crippen LogP contribution in [0.5, 0.6) is 0 Å². The number of nitrogens with zero attached hydrogens (tertiary/aromatic N) is 5. The molecule has 33 heavy (non-hydrogen) atoms. The van der Waals surface area contributed by atoms with Crippen LogP contribution in [0.3, 0.4) is 0 Å². The number of nitrogens with one attached hydrogen (secondary N) is 2. The molecule has 0 aliphatic carbocycles. The third-order valence-corrected chi connectivity index (χ3v) is 5.55. The number of rotatable bonds is 6. The average Bonchev–Trinajstić information content (AvgIpc) is 3.49. The van der Waals surface area contributed by atoms with Gasteiger partial charge in [-0.3, -0.25) is 9.67 Å². The van der Waals surface area contributed by atoms with Crippen LogP contribution < -0.4 is 5.32 Å². The average molecular weight is 466 g/mol. The Labute approximate surface area is 192 Å². The largest absolute Gasteiger partial charge is 0.344 e. The van der Waals surface area contributed by atoms with Crippen LogP contribution in [-0.2, 0) is 6.54 Å². The van der Waals surface area contributed by atoms with Gasteiger partial charge in [0.05, 0.1) is 46.5 Å². The summed E-state index contributed by atoms with van der Waals surface area (Å²) in [6.45, 7) is 1.57. The van der Waals surface area contributed by atoms with Gasteiger partial charge in [-0.1, -0.05) is 11.6 Å². The highest BCUT2D eigenvalue weighted by Gasteiger charge is 2.18. The monoisotopic (exact) mass is 465 g/mol. The molecule has 1 aromatic carbocycles. The molecule has 0 saturated carbocycles. The normalized spacial score (nSPS) is 11.4. The Morgan fingerprint density at radius 3 is 2.76 bits per heavy atom. The molecule has 0 fully saturated rings. The number of benzene rings is 1. The number of imidazole rings is 1. The minimum Gasteiger partial charge on any atom is -0.344 e. The van der Waals surface area contributed by atoms with Crippen LogP contribution in [-0.4, -0.2) is 43.3 Å². The first-order chi connectivity index (χ1) is 16.0. The lowest BCUT2D eigenvalue weighted by molar-refractivity contribution is 0.585. The summed E-state index contributed by atoms with van der Waals surface area (Å²) in [5.74, 6) is -1.57. The van der Waals surface area contributed by atoms with E-state index in [0.29, 0.717) is 28.1 Å². The Morgan fingerprint density at radius 2 is 1.91 bits per heavy atom. The van der Waals surface area contributed by atoms with Gasteiger partial charge < -0.3 is 10.3 Å². The summed E-state index contributed by atoms with van der Waals surface area (Å²) < 4.78 is 29.9. The van der Waals surface area contributed by atoms with E-state index >= 15 is 0 Å². The van der Waals surface area contributed by atoms with Crippen LogP contribution in [0.4, 0.5) is 8.78 Å². The fourth-order valence-electron chi connectivity index (χ4n) is 3.57. The first kappa shape index (κ1) is 21.2. The van der Waals surface area contributed by atoms with Gasteiger partial charge in [0.15, 0.2) is 0 Å². The molecule has 166 valence electrons. The molecule has 0 aliphatic rings. The molecule has 0 amide bonds. The first-order valence-corrected chi connectivity index (χ1v) is 10.5. The summed E-state index contributed by atoms with van der Waals surface area (Å²) >= 11 is 5.87. The van der Waals surface area contributed by atoms with Crippen LogP contribution in [0.1, 0.15) is 0 Å². The maximum Gasteiger partial charge on any atom is 0.144 e. The van der Waals surface area contributed by atoms with Gasteiger partial charge in [0.1, 0.15) is 17.3 Å². The second kappa shape index (κ2) is 8.68. The molecule has 7 nitrogen and oxygen atoms in total. The van der Waals surface area contributed by atoms with Crippen molar-refractivity contribution in [2.45, 2.75) is 6.54 Å². The van der Waals surface area contributed by atoms with Gasteiger partial charge in [0.2, 0.25) is 0 Å². The molecule has 4 heterocycles. The molecule has 0 spiro atoms. The third-order valence-electron chi connectivity index (χ3n) is 5.26. The second-order valence-corrected chi connectivity index (χ2v) is 7.83. The molecular weight excluding hydrogens is 448 g/mol. The quantitative estimate of drug-likeness (QED) is 0.355. The van der Waals surface area contributed by atoms with Crippen molar-refractivity contribution in [3.8, 4) is 33.8 Å². The summed E-state index contributed by atoms with van der Waals surface area (Å²) in [5.41, 5.74) is 4.56. The van der Waals surface area contributed by atoms with E-state index in [1.54, 1.807) is 18.5 Å². The SMILES string of the molecule is CNCCn1cc(-c2cnc3ccc(-c4nc[nH]c4-c4cc(Cl)c(F)cc4F)nc3c2)cn1. The molecule has 5 rings (SSSR count). The number of likely N-dealkylation sites (N-methyl/N-ethyl adjacent to an activating group) is 1. The number of pyridine rings is 2. The van der Waals surface area contributed by atoms with E-state index < -0.39 is 11.6 Å². The molecule has 0 radical (unpaired) electrons. The lowest BCUT2D eigenvalue weighted by atomic mass is 10.1. The first-order valence-electron chi connectivity index (χ1n) is 10.2. The molecule has 5 aromatic rings. The van der Waals surface area contributed by atoms with Gasteiger partial charge in [-0.05, 0) is 31.3 Å². The minimum absolute atomic E-state index is 0.108. The fourth-order valence-corrected chi connectivity index (χ4v) is 3.73. The number of aromatic nitrogens is 6. The van der Waals surface area contributed by atoms with E-state index in [1.807, 2.05) is 30.1 Å². The number of hydrogen-bond acceptors (Lipinski definition) is 5. The summed E-state index contributed by atoms with van der Waals surface area (Å²) in [5, 5.41) is 7.29. The van der Waals surface area contributed by atoms with E-state index in [0.717, 1.165) is 30.3 Å². The van der Waals surface area contributed by atoms with Crippen LogP contribution in [0.15, 0.2) is 55.2 Å². The van der Waals surface area contributed by atoms with Crippen molar-refractivity contribution in [3.63, 3.8) is 0 Å². The zero-order chi connectivity index (χ0) is 22.9.